The van der Waals surface area contributed by atoms with Gasteiger partial charge in [0.2, 0.25) is 0 Å². The SMILES string of the molecule is Cn1cnc2c1c(=O)n(CCCOC(=O)CCc1nc3ccccc3o1)c(=O)n2C. The molecule has 3 aromatic heterocycles. The summed E-state index contributed by atoms with van der Waals surface area (Å²) >= 11 is 0. The summed E-state index contributed by atoms with van der Waals surface area (Å²) in [7, 11) is 3.27. The Hall–Kier alpha value is -3.69. The van der Waals surface area contributed by atoms with Crippen molar-refractivity contribution in [3.05, 3.63) is 57.3 Å². The number of nitrogens with zero attached hydrogens (tertiary/aromatic N) is 5. The van der Waals surface area contributed by atoms with Crippen LogP contribution in [0, 0.1) is 0 Å². The van der Waals surface area contributed by atoms with Crippen LogP contribution in [0.2, 0.25) is 0 Å². The fourth-order valence-corrected chi connectivity index (χ4v) is 3.31. The number of imidazole rings is 1. The van der Waals surface area contributed by atoms with Crippen LogP contribution >= 0.6 is 0 Å². The van der Waals surface area contributed by atoms with Crippen LogP contribution in [0.3, 0.4) is 0 Å². The minimum Gasteiger partial charge on any atom is -0.466 e. The van der Waals surface area contributed by atoms with Gasteiger partial charge in [-0.05, 0) is 18.6 Å². The van der Waals surface area contributed by atoms with Crippen LogP contribution in [0.15, 0.2) is 44.6 Å². The molecule has 10 heteroatoms. The molecule has 1 aromatic carbocycles. The van der Waals surface area contributed by atoms with E-state index in [0.29, 0.717) is 35.5 Å². The lowest BCUT2D eigenvalue weighted by Crippen LogP contribution is -2.39. The van der Waals surface area contributed by atoms with E-state index in [0.717, 1.165) is 10.1 Å². The molecule has 0 aliphatic carbocycles. The Labute approximate surface area is 170 Å². The van der Waals surface area contributed by atoms with Crippen LogP contribution in [0.25, 0.3) is 22.3 Å². The van der Waals surface area contributed by atoms with Gasteiger partial charge < -0.3 is 13.7 Å². The number of carbonyl (C=O) groups excluding carboxylic acids is 1. The topological polar surface area (TPSA) is 114 Å². The van der Waals surface area contributed by atoms with Gasteiger partial charge in [-0.25, -0.2) is 14.8 Å². The number of para-hydroxylation sites is 2. The Bertz CT molecular complexity index is 1310. The van der Waals surface area contributed by atoms with E-state index in [2.05, 4.69) is 9.97 Å². The number of hydrogen-bond donors (Lipinski definition) is 0. The molecule has 0 radical (unpaired) electrons. The van der Waals surface area contributed by atoms with E-state index in [1.54, 1.807) is 18.7 Å². The van der Waals surface area contributed by atoms with E-state index in [1.807, 2.05) is 24.3 Å². The van der Waals surface area contributed by atoms with Crippen molar-refractivity contribution < 1.29 is 13.9 Å². The van der Waals surface area contributed by atoms with E-state index in [4.69, 9.17) is 9.15 Å². The maximum Gasteiger partial charge on any atom is 0.332 e. The fourth-order valence-electron chi connectivity index (χ4n) is 3.31. The zero-order valence-electron chi connectivity index (χ0n) is 16.7. The Kier molecular flexibility index (Phi) is 5.21. The zero-order valence-corrected chi connectivity index (χ0v) is 16.7. The highest BCUT2D eigenvalue weighted by molar-refractivity contribution is 5.73. The molecule has 4 rings (SSSR count). The predicted molar refractivity (Wildman–Crippen MR) is 108 cm³/mol. The summed E-state index contributed by atoms with van der Waals surface area (Å²) in [6.45, 7) is 0.246. The number of benzene rings is 1. The van der Waals surface area contributed by atoms with Crippen molar-refractivity contribution in [3.8, 4) is 0 Å². The first kappa shape index (κ1) is 19.6. The van der Waals surface area contributed by atoms with Crippen molar-refractivity contribution >= 4 is 28.2 Å². The van der Waals surface area contributed by atoms with Crippen molar-refractivity contribution in [1.29, 1.82) is 0 Å². The third-order valence-electron chi connectivity index (χ3n) is 4.87. The summed E-state index contributed by atoms with van der Waals surface area (Å²) in [6, 6.07) is 7.39. The molecule has 0 aliphatic heterocycles. The highest BCUT2D eigenvalue weighted by Crippen LogP contribution is 2.15. The van der Waals surface area contributed by atoms with Crippen LogP contribution in [0.1, 0.15) is 18.7 Å². The molecular weight excluding hydrogens is 390 g/mol. The predicted octanol–water partition coefficient (Wildman–Crippen LogP) is 1.14. The number of oxazole rings is 1. The lowest BCUT2D eigenvalue weighted by atomic mass is 10.3. The Morgan fingerprint density at radius 1 is 1.20 bits per heavy atom. The fraction of sp³-hybridized carbons (Fsp3) is 0.350. The van der Waals surface area contributed by atoms with Gasteiger partial charge in [0, 0.05) is 27.1 Å². The standard InChI is InChI=1S/C20H21N5O5/c1-23-12-21-18-17(23)19(27)25(20(28)24(18)2)10-5-11-29-16(26)9-8-15-22-13-6-3-4-7-14(13)30-15/h3-4,6-7,12H,5,8-11H2,1-2H3. The number of rotatable bonds is 7. The van der Waals surface area contributed by atoms with Gasteiger partial charge in [-0.3, -0.25) is 18.7 Å². The van der Waals surface area contributed by atoms with E-state index >= 15 is 0 Å². The Balaban J connectivity index is 1.31. The Morgan fingerprint density at radius 3 is 2.80 bits per heavy atom. The van der Waals surface area contributed by atoms with E-state index < -0.39 is 11.2 Å². The average Bonchev–Trinajstić information content (AvgIpc) is 3.33. The quantitative estimate of drug-likeness (QED) is 0.331. The van der Waals surface area contributed by atoms with Crippen LogP contribution in [0.5, 0.6) is 0 Å². The minimum atomic E-state index is -0.450. The van der Waals surface area contributed by atoms with Crippen LogP contribution in [-0.2, 0) is 36.6 Å². The van der Waals surface area contributed by atoms with Gasteiger partial charge in [-0.15, -0.1) is 0 Å². The molecule has 0 spiro atoms. The maximum atomic E-state index is 12.6. The van der Waals surface area contributed by atoms with Crippen molar-refractivity contribution in [1.82, 2.24) is 23.7 Å². The monoisotopic (exact) mass is 411 g/mol. The van der Waals surface area contributed by atoms with Crippen LogP contribution in [0.4, 0.5) is 0 Å². The van der Waals surface area contributed by atoms with Crippen LogP contribution in [-0.4, -0.2) is 36.2 Å². The van der Waals surface area contributed by atoms with E-state index in [9.17, 15) is 14.4 Å². The van der Waals surface area contributed by atoms with Gasteiger partial charge in [-0.1, -0.05) is 12.1 Å². The molecule has 156 valence electrons. The summed E-state index contributed by atoms with van der Waals surface area (Å²) in [5.41, 5.74) is 1.27. The minimum absolute atomic E-state index is 0.103. The van der Waals surface area contributed by atoms with Gasteiger partial charge in [0.25, 0.3) is 5.56 Å². The highest BCUT2D eigenvalue weighted by Gasteiger charge is 2.15. The second kappa shape index (κ2) is 7.97. The smallest absolute Gasteiger partial charge is 0.332 e. The first-order valence-corrected chi connectivity index (χ1v) is 9.56. The molecule has 3 heterocycles. The van der Waals surface area contributed by atoms with Gasteiger partial charge in [0.15, 0.2) is 22.6 Å². The number of aromatic nitrogens is 5. The molecule has 4 aromatic rings. The molecule has 0 aliphatic rings. The lowest BCUT2D eigenvalue weighted by Gasteiger charge is -2.09. The summed E-state index contributed by atoms with van der Waals surface area (Å²) in [5, 5.41) is 0. The molecule has 0 atom stereocenters. The molecule has 10 nitrogen and oxygen atoms in total. The number of hydrogen-bond acceptors (Lipinski definition) is 7. The average molecular weight is 411 g/mol. The molecule has 0 saturated carbocycles. The number of aryl methyl sites for hydroxylation is 3. The van der Waals surface area contributed by atoms with Gasteiger partial charge >= 0.3 is 11.7 Å². The summed E-state index contributed by atoms with van der Waals surface area (Å²) in [4.78, 5) is 45.4. The first-order chi connectivity index (χ1) is 14.5. The van der Waals surface area contributed by atoms with E-state index in [-0.39, 0.29) is 25.5 Å². The molecule has 0 amide bonds. The number of fused-ring (bicyclic) bond motifs is 2. The molecule has 0 bridgehead atoms. The van der Waals surface area contributed by atoms with Gasteiger partial charge in [0.1, 0.15) is 5.52 Å². The van der Waals surface area contributed by atoms with E-state index in [1.165, 1.54) is 10.9 Å². The molecular formula is C20H21N5O5. The second-order valence-corrected chi connectivity index (χ2v) is 6.98. The maximum absolute atomic E-state index is 12.6. The third kappa shape index (κ3) is 3.63. The molecule has 0 saturated heterocycles. The molecule has 0 N–H and O–H groups in total. The number of ether oxygens (including phenoxy) is 1. The van der Waals surface area contributed by atoms with Crippen molar-refractivity contribution in [2.75, 3.05) is 6.61 Å². The first-order valence-electron chi connectivity index (χ1n) is 9.56. The number of carbonyl (C=O) groups is 1. The molecule has 30 heavy (non-hydrogen) atoms. The van der Waals surface area contributed by atoms with Crippen molar-refractivity contribution in [3.63, 3.8) is 0 Å². The van der Waals surface area contributed by atoms with Crippen molar-refractivity contribution in [2.24, 2.45) is 14.1 Å². The largest absolute Gasteiger partial charge is 0.466 e. The zero-order chi connectivity index (χ0) is 21.3. The lowest BCUT2D eigenvalue weighted by molar-refractivity contribution is -0.143. The van der Waals surface area contributed by atoms with Gasteiger partial charge in [0.05, 0.1) is 19.4 Å². The Morgan fingerprint density at radius 2 is 2.00 bits per heavy atom. The molecule has 0 fully saturated rings. The molecule has 0 unspecified atom stereocenters. The van der Waals surface area contributed by atoms with Crippen LogP contribution < -0.4 is 11.2 Å². The second-order valence-electron chi connectivity index (χ2n) is 6.98. The normalized spacial score (nSPS) is 11.4. The summed E-state index contributed by atoms with van der Waals surface area (Å²) in [5.74, 6) is 0.0901. The summed E-state index contributed by atoms with van der Waals surface area (Å²) < 4.78 is 14.8. The van der Waals surface area contributed by atoms with Gasteiger partial charge in [-0.2, -0.15) is 0 Å². The number of esters is 1. The highest BCUT2D eigenvalue weighted by atomic mass is 16.5. The third-order valence-corrected chi connectivity index (χ3v) is 4.87. The van der Waals surface area contributed by atoms with Crippen molar-refractivity contribution in [2.45, 2.75) is 25.8 Å². The summed E-state index contributed by atoms with van der Waals surface area (Å²) in [6.07, 6.45) is 2.31.